The number of ether oxygens (including phenoxy) is 1. The maximum Gasteiger partial charge on any atom is 0.275 e. The molecule has 1 aliphatic heterocycles. The number of piperazine rings is 1. The maximum atomic E-state index is 11.9. The molecule has 0 atom stereocenters. The Balaban J connectivity index is 1.70. The summed E-state index contributed by atoms with van der Waals surface area (Å²) in [7, 11) is 1.63. The number of hydrogen-bond donors (Lipinski definition) is 3. The van der Waals surface area contributed by atoms with Gasteiger partial charge in [-0.2, -0.15) is 0 Å². The summed E-state index contributed by atoms with van der Waals surface area (Å²) in [5.41, 5.74) is 2.40. The zero-order valence-electron chi connectivity index (χ0n) is 16.6. The first-order valence-corrected chi connectivity index (χ1v) is 10.3. The molecule has 1 fully saturated rings. The van der Waals surface area contributed by atoms with Gasteiger partial charge in [-0.3, -0.25) is 4.79 Å². The van der Waals surface area contributed by atoms with Gasteiger partial charge in [0.25, 0.3) is 5.91 Å². The van der Waals surface area contributed by atoms with Crippen molar-refractivity contribution in [1.82, 2.24) is 10.2 Å². The van der Waals surface area contributed by atoms with Crippen LogP contribution in [0.3, 0.4) is 0 Å². The Labute approximate surface area is 168 Å². The first-order chi connectivity index (χ1) is 13.1. The highest BCUT2D eigenvalue weighted by atomic mass is 32.1. The zero-order valence-corrected chi connectivity index (χ0v) is 17.4. The van der Waals surface area contributed by atoms with E-state index in [0.717, 1.165) is 43.4 Å². The normalized spacial score (nSPS) is 14.8. The Kier molecular flexibility index (Phi) is 9.52. The van der Waals surface area contributed by atoms with Crippen molar-refractivity contribution in [2.75, 3.05) is 58.3 Å². The summed E-state index contributed by atoms with van der Waals surface area (Å²) in [6, 6.07) is 8.54. The highest BCUT2D eigenvalue weighted by Gasteiger charge is 2.23. The van der Waals surface area contributed by atoms with Gasteiger partial charge in [-0.05, 0) is 42.8 Å². The van der Waals surface area contributed by atoms with Crippen LogP contribution in [0.25, 0.3) is 0 Å². The SMILES string of the molecule is CCCCc1ccc(NC(=S)N2CC[NH+](CC(=O)NCCOC)CC2)cc1. The number of aryl methyl sites for hydroxylation is 1. The van der Waals surface area contributed by atoms with Gasteiger partial charge in [-0.15, -0.1) is 0 Å². The molecule has 0 aromatic heterocycles. The van der Waals surface area contributed by atoms with Gasteiger partial charge in [-0.1, -0.05) is 25.5 Å². The summed E-state index contributed by atoms with van der Waals surface area (Å²) in [6.45, 7) is 7.39. The number of unbranched alkanes of at least 4 members (excludes halogenated alkanes) is 1. The molecule has 0 aliphatic carbocycles. The predicted molar refractivity (Wildman–Crippen MR) is 113 cm³/mol. The van der Waals surface area contributed by atoms with Gasteiger partial charge in [0.15, 0.2) is 11.7 Å². The second-order valence-corrected chi connectivity index (χ2v) is 7.37. The molecule has 1 saturated heterocycles. The Bertz CT molecular complexity index is 586. The number of nitrogens with one attached hydrogen (secondary N) is 3. The van der Waals surface area contributed by atoms with Gasteiger partial charge in [0.05, 0.1) is 32.8 Å². The van der Waals surface area contributed by atoms with E-state index >= 15 is 0 Å². The molecule has 1 aromatic carbocycles. The summed E-state index contributed by atoms with van der Waals surface area (Å²) >= 11 is 5.57. The number of benzene rings is 1. The number of hydrogen-bond acceptors (Lipinski definition) is 3. The molecule has 0 bridgehead atoms. The van der Waals surface area contributed by atoms with Crippen LogP contribution in [0, 0.1) is 0 Å². The molecule has 2 rings (SSSR count). The molecular weight excluding hydrogens is 360 g/mol. The van der Waals surface area contributed by atoms with Crippen LogP contribution < -0.4 is 15.5 Å². The van der Waals surface area contributed by atoms with Gasteiger partial charge in [0.2, 0.25) is 0 Å². The summed E-state index contributed by atoms with van der Waals surface area (Å²) in [6.07, 6.45) is 3.57. The molecule has 1 amide bonds. The van der Waals surface area contributed by atoms with Crippen molar-refractivity contribution in [2.24, 2.45) is 0 Å². The smallest absolute Gasteiger partial charge is 0.275 e. The lowest BCUT2D eigenvalue weighted by atomic mass is 10.1. The van der Waals surface area contributed by atoms with E-state index in [9.17, 15) is 4.79 Å². The Morgan fingerprint density at radius 2 is 1.96 bits per heavy atom. The van der Waals surface area contributed by atoms with Crippen molar-refractivity contribution >= 4 is 28.9 Å². The van der Waals surface area contributed by atoms with Gasteiger partial charge in [0.1, 0.15) is 0 Å². The van der Waals surface area contributed by atoms with Crippen LogP contribution in [-0.4, -0.2) is 68.9 Å². The number of nitrogens with zero attached hydrogens (tertiary/aromatic N) is 1. The Morgan fingerprint density at radius 1 is 1.26 bits per heavy atom. The summed E-state index contributed by atoms with van der Waals surface area (Å²) in [5, 5.41) is 6.98. The Hall–Kier alpha value is -1.70. The van der Waals surface area contributed by atoms with Crippen LogP contribution in [0.4, 0.5) is 5.69 Å². The minimum atomic E-state index is 0.0827. The minimum Gasteiger partial charge on any atom is -0.383 e. The molecule has 0 spiro atoms. The molecule has 0 radical (unpaired) electrons. The number of carbonyl (C=O) groups is 1. The first-order valence-electron chi connectivity index (χ1n) is 9.86. The highest BCUT2D eigenvalue weighted by molar-refractivity contribution is 7.80. The standard InChI is InChI=1S/C20H32N4O2S/c1-3-4-5-17-6-8-18(9-7-17)22-20(27)24-13-11-23(12-14-24)16-19(25)21-10-15-26-2/h6-9H,3-5,10-16H2,1-2H3,(H,21,25)(H,22,27)/p+1. The maximum absolute atomic E-state index is 11.9. The van der Waals surface area contributed by atoms with E-state index in [0.29, 0.717) is 19.7 Å². The fourth-order valence-electron chi connectivity index (χ4n) is 3.12. The molecule has 0 saturated carbocycles. The van der Waals surface area contributed by atoms with E-state index in [2.05, 4.69) is 46.7 Å². The third-order valence-corrected chi connectivity index (χ3v) is 5.18. The summed E-state index contributed by atoms with van der Waals surface area (Å²) in [5.74, 6) is 0.0827. The van der Waals surface area contributed by atoms with Crippen molar-refractivity contribution in [1.29, 1.82) is 0 Å². The zero-order chi connectivity index (χ0) is 19.5. The van der Waals surface area contributed by atoms with E-state index in [1.165, 1.54) is 23.3 Å². The molecule has 7 heteroatoms. The van der Waals surface area contributed by atoms with Crippen molar-refractivity contribution in [2.45, 2.75) is 26.2 Å². The quantitative estimate of drug-likeness (QED) is 0.426. The van der Waals surface area contributed by atoms with Crippen LogP contribution in [0.15, 0.2) is 24.3 Å². The third kappa shape index (κ3) is 7.82. The monoisotopic (exact) mass is 393 g/mol. The Morgan fingerprint density at radius 3 is 2.59 bits per heavy atom. The molecule has 1 heterocycles. The average Bonchev–Trinajstić information content (AvgIpc) is 2.68. The number of carbonyl (C=O) groups excluding carboxylic acids is 1. The summed E-state index contributed by atoms with van der Waals surface area (Å²) in [4.78, 5) is 15.4. The van der Waals surface area contributed by atoms with E-state index in [1.807, 2.05) is 0 Å². The van der Waals surface area contributed by atoms with Crippen LogP contribution in [0.2, 0.25) is 0 Å². The molecule has 1 aliphatic rings. The minimum absolute atomic E-state index is 0.0827. The summed E-state index contributed by atoms with van der Waals surface area (Å²) < 4.78 is 4.95. The van der Waals surface area contributed by atoms with Crippen LogP contribution in [-0.2, 0) is 16.0 Å². The largest absolute Gasteiger partial charge is 0.383 e. The fourth-order valence-corrected chi connectivity index (χ4v) is 3.42. The molecule has 1 aromatic rings. The van der Waals surface area contributed by atoms with Gasteiger partial charge < -0.3 is 25.2 Å². The number of methoxy groups -OCH3 is 1. The topological polar surface area (TPSA) is 58.0 Å². The second kappa shape index (κ2) is 11.9. The first kappa shape index (κ1) is 21.6. The highest BCUT2D eigenvalue weighted by Crippen LogP contribution is 2.12. The average molecular weight is 394 g/mol. The van der Waals surface area contributed by atoms with Crippen molar-refractivity contribution < 1.29 is 14.4 Å². The molecule has 6 nitrogen and oxygen atoms in total. The van der Waals surface area contributed by atoms with E-state index in [-0.39, 0.29) is 5.91 Å². The van der Waals surface area contributed by atoms with E-state index < -0.39 is 0 Å². The van der Waals surface area contributed by atoms with Gasteiger partial charge in [0, 0.05) is 19.3 Å². The van der Waals surface area contributed by atoms with Gasteiger partial charge in [-0.25, -0.2) is 0 Å². The second-order valence-electron chi connectivity index (χ2n) is 6.99. The number of thiocarbonyl (C=S) groups is 1. The third-order valence-electron chi connectivity index (χ3n) is 4.82. The van der Waals surface area contributed by atoms with Gasteiger partial charge >= 0.3 is 0 Å². The van der Waals surface area contributed by atoms with Crippen molar-refractivity contribution in [3.05, 3.63) is 29.8 Å². The molecular formula is C20H33N4O2S+. The van der Waals surface area contributed by atoms with E-state index in [1.54, 1.807) is 7.11 Å². The van der Waals surface area contributed by atoms with Crippen LogP contribution in [0.1, 0.15) is 25.3 Å². The predicted octanol–water partition coefficient (Wildman–Crippen LogP) is 0.689. The molecule has 3 N–H and O–H groups in total. The fraction of sp³-hybridized carbons (Fsp3) is 0.600. The van der Waals surface area contributed by atoms with Crippen LogP contribution in [0.5, 0.6) is 0 Å². The molecule has 0 unspecified atom stereocenters. The lowest BCUT2D eigenvalue weighted by Gasteiger charge is -2.33. The van der Waals surface area contributed by atoms with E-state index in [4.69, 9.17) is 17.0 Å². The number of anilines is 1. The lowest BCUT2D eigenvalue weighted by molar-refractivity contribution is -0.895. The van der Waals surface area contributed by atoms with Crippen molar-refractivity contribution in [3.8, 4) is 0 Å². The number of rotatable bonds is 9. The van der Waals surface area contributed by atoms with Crippen molar-refractivity contribution in [3.63, 3.8) is 0 Å². The lowest BCUT2D eigenvalue weighted by Crippen LogP contribution is -3.15. The number of amides is 1. The molecule has 27 heavy (non-hydrogen) atoms. The van der Waals surface area contributed by atoms with Crippen LogP contribution >= 0.6 is 12.2 Å². The number of quaternary nitrogens is 1. The molecule has 150 valence electrons.